The lowest BCUT2D eigenvalue weighted by Gasteiger charge is -2.28. The summed E-state index contributed by atoms with van der Waals surface area (Å²) in [5.74, 6) is -0.295. The Kier molecular flexibility index (Phi) is 4.98. The minimum Gasteiger partial charge on any atom is -0.469 e. The highest BCUT2D eigenvalue weighted by molar-refractivity contribution is 9.10. The third kappa shape index (κ3) is 3.44. The predicted octanol–water partition coefficient (Wildman–Crippen LogP) is 2.88. The lowest BCUT2D eigenvalue weighted by molar-refractivity contribution is -0.141. The van der Waals surface area contributed by atoms with Crippen molar-refractivity contribution in [1.29, 1.82) is 0 Å². The molecule has 2 N–H and O–H groups in total. The molecule has 0 spiro atoms. The molecule has 5 heteroatoms. The number of nitrogens with two attached hydrogens (primary N) is 1. The van der Waals surface area contributed by atoms with Crippen LogP contribution >= 0.6 is 27.5 Å². The fraction of sp³-hybridized carbons (Fsp3) is 0.417. The van der Waals surface area contributed by atoms with Crippen molar-refractivity contribution in [3.05, 3.63) is 33.3 Å². The first kappa shape index (κ1) is 14.5. The van der Waals surface area contributed by atoms with E-state index in [2.05, 4.69) is 20.7 Å². The second-order valence-electron chi connectivity index (χ2n) is 4.14. The number of methoxy groups -OCH3 is 1. The molecule has 0 saturated carbocycles. The van der Waals surface area contributed by atoms with Crippen molar-refractivity contribution in [2.75, 3.05) is 13.7 Å². The summed E-state index contributed by atoms with van der Waals surface area (Å²) < 4.78 is 5.58. The quantitative estimate of drug-likeness (QED) is 0.868. The molecule has 0 aromatic heterocycles. The average molecular weight is 321 g/mol. The number of hydrogen-bond donors (Lipinski definition) is 1. The van der Waals surface area contributed by atoms with Gasteiger partial charge in [-0.3, -0.25) is 4.79 Å². The van der Waals surface area contributed by atoms with Gasteiger partial charge in [0, 0.05) is 21.5 Å². The first-order valence-corrected chi connectivity index (χ1v) is 6.32. The molecule has 1 unspecified atom stereocenters. The summed E-state index contributed by atoms with van der Waals surface area (Å²) in [6, 6.07) is 5.55. The van der Waals surface area contributed by atoms with Crippen molar-refractivity contribution in [1.82, 2.24) is 0 Å². The fourth-order valence-corrected chi connectivity index (χ4v) is 2.55. The van der Waals surface area contributed by atoms with Gasteiger partial charge in [0.2, 0.25) is 0 Å². The Labute approximate surface area is 114 Å². The number of carbonyl (C=O) groups is 1. The van der Waals surface area contributed by atoms with Crippen molar-refractivity contribution in [2.24, 2.45) is 5.73 Å². The van der Waals surface area contributed by atoms with Crippen molar-refractivity contribution >= 4 is 33.5 Å². The van der Waals surface area contributed by atoms with Crippen LogP contribution in [0, 0.1) is 0 Å². The second kappa shape index (κ2) is 5.85. The van der Waals surface area contributed by atoms with E-state index >= 15 is 0 Å². The van der Waals surface area contributed by atoms with E-state index in [9.17, 15) is 4.79 Å². The summed E-state index contributed by atoms with van der Waals surface area (Å²) in [6.45, 7) is 2.22. The van der Waals surface area contributed by atoms with Crippen LogP contribution in [-0.4, -0.2) is 19.6 Å². The molecular formula is C12H15BrClNO2. The smallest absolute Gasteiger partial charge is 0.306 e. The molecule has 3 nitrogen and oxygen atoms in total. The Morgan fingerprint density at radius 1 is 1.59 bits per heavy atom. The maximum Gasteiger partial charge on any atom is 0.306 e. The van der Waals surface area contributed by atoms with E-state index in [1.54, 1.807) is 6.07 Å². The molecule has 0 heterocycles. The molecule has 17 heavy (non-hydrogen) atoms. The highest BCUT2D eigenvalue weighted by atomic mass is 79.9. The normalized spacial score (nSPS) is 14.2. The summed E-state index contributed by atoms with van der Waals surface area (Å²) in [7, 11) is 1.36. The number of rotatable bonds is 4. The zero-order chi connectivity index (χ0) is 13.1. The predicted molar refractivity (Wildman–Crippen MR) is 72.2 cm³/mol. The maximum absolute atomic E-state index is 11.4. The molecule has 0 radical (unpaired) electrons. The molecule has 1 aromatic carbocycles. The number of halogens is 2. The van der Waals surface area contributed by atoms with Crippen LogP contribution in [0.25, 0.3) is 0 Å². The topological polar surface area (TPSA) is 52.3 Å². The second-order valence-corrected chi connectivity index (χ2v) is 5.46. The maximum atomic E-state index is 11.4. The van der Waals surface area contributed by atoms with E-state index in [1.807, 2.05) is 19.1 Å². The summed E-state index contributed by atoms with van der Waals surface area (Å²) in [5, 5.41) is 0.594. The lowest BCUT2D eigenvalue weighted by Crippen LogP contribution is -2.35. The third-order valence-corrected chi connectivity index (χ3v) is 3.60. The van der Waals surface area contributed by atoms with Crippen LogP contribution in [0.15, 0.2) is 22.7 Å². The van der Waals surface area contributed by atoms with Gasteiger partial charge in [-0.1, -0.05) is 40.5 Å². The minimum atomic E-state index is -0.509. The van der Waals surface area contributed by atoms with E-state index in [4.69, 9.17) is 17.3 Å². The summed E-state index contributed by atoms with van der Waals surface area (Å²) in [6.07, 6.45) is 0.210. The summed E-state index contributed by atoms with van der Waals surface area (Å²) in [4.78, 5) is 11.4. The molecule has 0 aliphatic heterocycles. The Morgan fingerprint density at radius 3 is 2.71 bits per heavy atom. The summed E-state index contributed by atoms with van der Waals surface area (Å²) in [5.41, 5.74) is 6.12. The number of ether oxygens (including phenoxy) is 1. The van der Waals surface area contributed by atoms with E-state index in [1.165, 1.54) is 7.11 Å². The van der Waals surface area contributed by atoms with Crippen molar-refractivity contribution in [3.8, 4) is 0 Å². The zero-order valence-electron chi connectivity index (χ0n) is 9.80. The lowest BCUT2D eigenvalue weighted by atomic mass is 9.79. The molecule has 94 valence electrons. The molecule has 0 amide bonds. The van der Waals surface area contributed by atoms with Crippen molar-refractivity contribution < 1.29 is 9.53 Å². The van der Waals surface area contributed by atoms with Gasteiger partial charge in [0.15, 0.2) is 0 Å². The van der Waals surface area contributed by atoms with Crippen LogP contribution in [0.1, 0.15) is 18.9 Å². The van der Waals surface area contributed by atoms with Gasteiger partial charge in [-0.15, -0.1) is 0 Å². The van der Waals surface area contributed by atoms with E-state index in [0.717, 1.165) is 10.0 Å². The van der Waals surface area contributed by atoms with E-state index in [0.29, 0.717) is 11.6 Å². The van der Waals surface area contributed by atoms with Gasteiger partial charge in [-0.2, -0.15) is 0 Å². The highest BCUT2D eigenvalue weighted by Gasteiger charge is 2.30. The SMILES string of the molecule is COC(=O)CC(C)(CN)c1ccc(Br)cc1Cl. The Balaban J connectivity index is 3.11. The van der Waals surface area contributed by atoms with Gasteiger partial charge >= 0.3 is 5.97 Å². The zero-order valence-corrected chi connectivity index (χ0v) is 12.1. The molecule has 0 aliphatic carbocycles. The highest BCUT2D eigenvalue weighted by Crippen LogP contribution is 2.34. The molecular weight excluding hydrogens is 305 g/mol. The number of esters is 1. The van der Waals surface area contributed by atoms with Crippen LogP contribution in [0.4, 0.5) is 0 Å². The van der Waals surface area contributed by atoms with Crippen molar-refractivity contribution in [2.45, 2.75) is 18.8 Å². The third-order valence-electron chi connectivity index (χ3n) is 2.79. The summed E-state index contributed by atoms with van der Waals surface area (Å²) >= 11 is 9.52. The molecule has 1 atom stereocenters. The van der Waals surface area contributed by atoms with Gasteiger partial charge < -0.3 is 10.5 Å². The minimum absolute atomic E-state index is 0.210. The Morgan fingerprint density at radius 2 is 2.24 bits per heavy atom. The van der Waals surface area contributed by atoms with E-state index < -0.39 is 5.41 Å². The van der Waals surface area contributed by atoms with Gasteiger partial charge in [0.25, 0.3) is 0 Å². The monoisotopic (exact) mass is 319 g/mol. The molecule has 0 saturated heterocycles. The first-order valence-electron chi connectivity index (χ1n) is 5.15. The molecule has 1 aromatic rings. The first-order chi connectivity index (χ1) is 7.92. The van der Waals surface area contributed by atoms with Crippen LogP contribution in [0.3, 0.4) is 0 Å². The van der Waals surface area contributed by atoms with Crippen LogP contribution in [-0.2, 0) is 14.9 Å². The van der Waals surface area contributed by atoms with Gasteiger partial charge in [0.1, 0.15) is 0 Å². The average Bonchev–Trinajstić information content (AvgIpc) is 2.28. The largest absolute Gasteiger partial charge is 0.469 e. The number of hydrogen-bond acceptors (Lipinski definition) is 3. The number of carbonyl (C=O) groups excluding carboxylic acids is 1. The fourth-order valence-electron chi connectivity index (χ4n) is 1.65. The Hall–Kier alpha value is -0.580. The Bertz CT molecular complexity index is 425. The van der Waals surface area contributed by atoms with Crippen LogP contribution in [0.2, 0.25) is 5.02 Å². The molecule has 0 fully saturated rings. The van der Waals surface area contributed by atoms with Crippen LogP contribution in [0.5, 0.6) is 0 Å². The number of benzene rings is 1. The van der Waals surface area contributed by atoms with Crippen LogP contribution < -0.4 is 5.73 Å². The standard InChI is InChI=1S/C12H15BrClNO2/c1-12(7-15,6-11(16)17-2)9-4-3-8(13)5-10(9)14/h3-5H,6-7,15H2,1-2H3. The van der Waals surface area contributed by atoms with Gasteiger partial charge in [-0.05, 0) is 17.7 Å². The van der Waals surface area contributed by atoms with E-state index in [-0.39, 0.29) is 12.4 Å². The molecule has 0 aliphatic rings. The molecule has 1 rings (SSSR count). The van der Waals surface area contributed by atoms with Crippen molar-refractivity contribution in [3.63, 3.8) is 0 Å². The van der Waals surface area contributed by atoms with Gasteiger partial charge in [0.05, 0.1) is 13.5 Å². The molecule has 0 bridgehead atoms. The van der Waals surface area contributed by atoms with Gasteiger partial charge in [-0.25, -0.2) is 0 Å².